The molecule has 0 saturated carbocycles. The molecule has 0 aromatic carbocycles. The zero-order valence-electron chi connectivity index (χ0n) is 10.7. The summed E-state index contributed by atoms with van der Waals surface area (Å²) in [6.45, 7) is 8.41. The Kier molecular flexibility index (Phi) is 4.99. The number of rotatable bonds is 6. The minimum absolute atomic E-state index is 0.0205. The molecule has 1 aromatic rings. The van der Waals surface area contributed by atoms with Gasteiger partial charge in [-0.2, -0.15) is 0 Å². The number of thioether (sulfide) groups is 1. The quantitative estimate of drug-likeness (QED) is 0.791. The lowest BCUT2D eigenvalue weighted by Crippen LogP contribution is -2.16. The topological polar surface area (TPSA) is 68.0 Å². The Labute approximate surface area is 106 Å². The summed E-state index contributed by atoms with van der Waals surface area (Å²) >= 11 is 1.23. The third kappa shape index (κ3) is 3.46. The van der Waals surface area contributed by atoms with Gasteiger partial charge in [0.2, 0.25) is 0 Å². The lowest BCUT2D eigenvalue weighted by atomic mass is 10.1. The van der Waals surface area contributed by atoms with Gasteiger partial charge >= 0.3 is 5.97 Å². The van der Waals surface area contributed by atoms with Gasteiger partial charge in [0, 0.05) is 12.5 Å². The minimum atomic E-state index is -0.834. The molecule has 0 radical (unpaired) electrons. The van der Waals surface area contributed by atoms with Gasteiger partial charge in [0.15, 0.2) is 5.16 Å². The first-order valence-corrected chi connectivity index (χ1v) is 6.74. The van der Waals surface area contributed by atoms with Crippen LogP contribution in [0.25, 0.3) is 0 Å². The van der Waals surface area contributed by atoms with Crippen molar-refractivity contribution in [1.82, 2.24) is 14.8 Å². The standard InChI is InChI=1S/C11H19N3O2S/c1-5-9-12-13-11(17-6-10(15)16)14(9)8(4)7(2)3/h7-8H,5-6H2,1-4H3,(H,15,16). The van der Waals surface area contributed by atoms with E-state index in [1.165, 1.54) is 11.8 Å². The van der Waals surface area contributed by atoms with Gasteiger partial charge in [-0.25, -0.2) is 0 Å². The van der Waals surface area contributed by atoms with Crippen molar-refractivity contribution in [1.29, 1.82) is 0 Å². The fraction of sp³-hybridized carbons (Fsp3) is 0.727. The van der Waals surface area contributed by atoms with Gasteiger partial charge in [-0.3, -0.25) is 4.79 Å². The van der Waals surface area contributed by atoms with Crippen molar-refractivity contribution in [3.05, 3.63) is 5.82 Å². The van der Waals surface area contributed by atoms with Crippen LogP contribution >= 0.6 is 11.8 Å². The minimum Gasteiger partial charge on any atom is -0.481 e. The second-order valence-corrected chi connectivity index (χ2v) is 5.23. The summed E-state index contributed by atoms with van der Waals surface area (Å²) in [5, 5.41) is 17.6. The molecule has 0 aliphatic carbocycles. The number of carboxylic acids is 1. The average molecular weight is 257 g/mol. The van der Waals surface area contributed by atoms with E-state index in [1.807, 2.05) is 6.92 Å². The van der Waals surface area contributed by atoms with Gasteiger partial charge in [0.05, 0.1) is 5.75 Å². The number of carbonyl (C=O) groups is 1. The number of nitrogens with zero attached hydrogens (tertiary/aromatic N) is 3. The highest BCUT2D eigenvalue weighted by Gasteiger charge is 2.19. The Morgan fingerprint density at radius 3 is 2.53 bits per heavy atom. The van der Waals surface area contributed by atoms with Crippen LogP contribution in [0.3, 0.4) is 0 Å². The Morgan fingerprint density at radius 1 is 1.41 bits per heavy atom. The van der Waals surface area contributed by atoms with Crippen molar-refractivity contribution >= 4 is 17.7 Å². The molecule has 17 heavy (non-hydrogen) atoms. The molecule has 1 N–H and O–H groups in total. The summed E-state index contributed by atoms with van der Waals surface area (Å²) in [5.74, 6) is 0.562. The number of carboxylic acid groups (broad SMARTS) is 1. The fourth-order valence-corrected chi connectivity index (χ4v) is 2.24. The predicted octanol–water partition coefficient (Wildman–Crippen LogP) is 2.23. The fourth-order valence-electron chi connectivity index (χ4n) is 1.48. The summed E-state index contributed by atoms with van der Waals surface area (Å²) in [6, 6.07) is 0.274. The van der Waals surface area contributed by atoms with Crippen LogP contribution in [0.15, 0.2) is 5.16 Å². The van der Waals surface area contributed by atoms with Crippen LogP contribution in [0.5, 0.6) is 0 Å². The Hall–Kier alpha value is -1.04. The molecule has 0 saturated heterocycles. The molecule has 1 rings (SSSR count). The first-order valence-electron chi connectivity index (χ1n) is 5.75. The molecule has 0 spiro atoms. The van der Waals surface area contributed by atoms with E-state index >= 15 is 0 Å². The highest BCUT2D eigenvalue weighted by atomic mass is 32.2. The second kappa shape index (κ2) is 6.05. The molecule has 0 amide bonds. The highest BCUT2D eigenvalue weighted by Crippen LogP contribution is 2.26. The van der Waals surface area contributed by atoms with Gasteiger partial charge in [-0.1, -0.05) is 32.5 Å². The van der Waals surface area contributed by atoms with Gasteiger partial charge in [-0.05, 0) is 12.8 Å². The summed E-state index contributed by atoms with van der Waals surface area (Å²) < 4.78 is 2.05. The average Bonchev–Trinajstić information content (AvgIpc) is 2.67. The molecule has 1 atom stereocenters. The number of hydrogen-bond acceptors (Lipinski definition) is 4. The second-order valence-electron chi connectivity index (χ2n) is 4.29. The molecule has 1 unspecified atom stereocenters. The van der Waals surface area contributed by atoms with Crippen LogP contribution in [0.1, 0.15) is 39.6 Å². The largest absolute Gasteiger partial charge is 0.481 e. The van der Waals surface area contributed by atoms with E-state index in [2.05, 4.69) is 35.5 Å². The molecule has 5 nitrogen and oxygen atoms in total. The molecule has 1 aromatic heterocycles. The van der Waals surface area contributed by atoms with Crippen molar-refractivity contribution in [2.75, 3.05) is 5.75 Å². The highest BCUT2D eigenvalue weighted by molar-refractivity contribution is 7.99. The van der Waals surface area contributed by atoms with Crippen LogP contribution < -0.4 is 0 Å². The summed E-state index contributed by atoms with van der Waals surface area (Å²) in [4.78, 5) is 10.6. The monoisotopic (exact) mass is 257 g/mol. The lowest BCUT2D eigenvalue weighted by molar-refractivity contribution is -0.133. The van der Waals surface area contributed by atoms with Crippen molar-refractivity contribution in [3.8, 4) is 0 Å². The van der Waals surface area contributed by atoms with Crippen LogP contribution in [0, 0.1) is 5.92 Å². The van der Waals surface area contributed by atoms with Crippen molar-refractivity contribution < 1.29 is 9.90 Å². The summed E-state index contributed by atoms with van der Waals surface area (Å²) in [7, 11) is 0. The molecule has 1 heterocycles. The molecule has 6 heteroatoms. The van der Waals surface area contributed by atoms with Crippen molar-refractivity contribution in [2.24, 2.45) is 5.92 Å². The molecule has 0 aliphatic rings. The number of hydrogen-bond donors (Lipinski definition) is 1. The molecule has 0 fully saturated rings. The van der Waals surface area contributed by atoms with E-state index in [4.69, 9.17) is 5.11 Å². The van der Waals surface area contributed by atoms with Crippen LogP contribution in [0.2, 0.25) is 0 Å². The van der Waals surface area contributed by atoms with E-state index in [0.29, 0.717) is 11.1 Å². The maximum Gasteiger partial charge on any atom is 0.313 e. The smallest absolute Gasteiger partial charge is 0.313 e. The summed E-state index contributed by atoms with van der Waals surface area (Å²) in [6.07, 6.45) is 0.803. The van der Waals surface area contributed by atoms with Crippen LogP contribution in [-0.4, -0.2) is 31.6 Å². The first-order chi connectivity index (χ1) is 7.97. The van der Waals surface area contributed by atoms with E-state index in [9.17, 15) is 4.79 Å². The maximum absolute atomic E-state index is 10.6. The van der Waals surface area contributed by atoms with Crippen molar-refractivity contribution in [2.45, 2.75) is 45.3 Å². The van der Waals surface area contributed by atoms with E-state index in [0.717, 1.165) is 12.2 Å². The molecular weight excluding hydrogens is 238 g/mol. The molecule has 0 aliphatic heterocycles. The van der Waals surface area contributed by atoms with E-state index in [-0.39, 0.29) is 11.8 Å². The third-order valence-electron chi connectivity index (χ3n) is 2.75. The zero-order chi connectivity index (χ0) is 13.0. The van der Waals surface area contributed by atoms with Gasteiger partial charge in [0.25, 0.3) is 0 Å². The van der Waals surface area contributed by atoms with Crippen LogP contribution in [0.4, 0.5) is 0 Å². The van der Waals surface area contributed by atoms with Gasteiger partial charge in [-0.15, -0.1) is 10.2 Å². The zero-order valence-corrected chi connectivity index (χ0v) is 11.5. The van der Waals surface area contributed by atoms with Crippen LogP contribution in [-0.2, 0) is 11.2 Å². The van der Waals surface area contributed by atoms with E-state index in [1.54, 1.807) is 0 Å². The Balaban J connectivity index is 2.97. The number of aromatic nitrogens is 3. The van der Waals surface area contributed by atoms with E-state index < -0.39 is 5.97 Å². The predicted molar refractivity (Wildman–Crippen MR) is 67.3 cm³/mol. The third-order valence-corrected chi connectivity index (χ3v) is 3.68. The Bertz CT molecular complexity index is 390. The van der Waals surface area contributed by atoms with Gasteiger partial charge < -0.3 is 9.67 Å². The SMILES string of the molecule is CCc1nnc(SCC(=O)O)n1C(C)C(C)C. The molecular formula is C11H19N3O2S. The molecule has 96 valence electrons. The lowest BCUT2D eigenvalue weighted by Gasteiger charge is -2.20. The first kappa shape index (κ1) is 14.0. The molecule has 0 bridgehead atoms. The normalized spacial score (nSPS) is 13.0. The summed E-state index contributed by atoms with van der Waals surface area (Å²) in [5.41, 5.74) is 0. The number of aryl methyl sites for hydroxylation is 1. The maximum atomic E-state index is 10.6. The Morgan fingerprint density at radius 2 is 2.06 bits per heavy atom. The number of aliphatic carboxylic acids is 1. The van der Waals surface area contributed by atoms with Crippen molar-refractivity contribution in [3.63, 3.8) is 0 Å². The van der Waals surface area contributed by atoms with Gasteiger partial charge in [0.1, 0.15) is 5.82 Å².